The topological polar surface area (TPSA) is 0 Å². The molecule has 2 aromatic rings. The average molecular weight is 364 g/mol. The maximum Gasteiger partial charge on any atom is 0.142 e. The predicted molar refractivity (Wildman–Crippen MR) is 86.3 cm³/mol. The Morgan fingerprint density at radius 1 is 0.900 bits per heavy atom. The minimum atomic E-state index is -0.350. The Hall–Kier alpha value is -0.930. The van der Waals surface area contributed by atoms with Gasteiger partial charge in [-0.1, -0.05) is 59.6 Å². The van der Waals surface area contributed by atoms with E-state index in [1.54, 1.807) is 32.0 Å². The van der Waals surface area contributed by atoms with Crippen LogP contribution in [0.2, 0.25) is 5.02 Å². The van der Waals surface area contributed by atoms with Gasteiger partial charge in [0.05, 0.1) is 5.02 Å². The molecule has 0 aliphatic heterocycles. The first-order chi connectivity index (χ1) is 9.41. The minimum Gasteiger partial charge on any atom is -0.207 e. The van der Waals surface area contributed by atoms with E-state index in [1.165, 1.54) is 12.1 Å². The van der Waals surface area contributed by atoms with Gasteiger partial charge in [-0.05, 0) is 43.2 Å². The maximum atomic E-state index is 12.5. The Morgan fingerprint density at radius 3 is 1.90 bits per heavy atom. The summed E-state index contributed by atoms with van der Waals surface area (Å²) in [5.74, 6) is -0.513. The lowest BCUT2D eigenvalue weighted by Crippen LogP contribution is -1.78. The van der Waals surface area contributed by atoms with Crippen LogP contribution < -0.4 is 0 Å². The monoisotopic (exact) mass is 362 g/mol. The van der Waals surface area contributed by atoms with Crippen LogP contribution in [0.1, 0.15) is 25.0 Å². The normalized spacial score (nSPS) is 9.00. The third-order valence-corrected chi connectivity index (χ3v) is 3.25. The zero-order valence-electron chi connectivity index (χ0n) is 12.0. The van der Waals surface area contributed by atoms with Crippen molar-refractivity contribution < 1.29 is 8.78 Å². The predicted octanol–water partition coefficient (Wildman–Crippen LogP) is 6.71. The quantitative estimate of drug-likeness (QED) is 0.488. The minimum absolute atomic E-state index is 0.163. The molecule has 20 heavy (non-hydrogen) atoms. The molecule has 110 valence electrons. The van der Waals surface area contributed by atoms with Crippen molar-refractivity contribution in [3.8, 4) is 0 Å². The van der Waals surface area contributed by atoms with E-state index in [0.717, 1.165) is 10.0 Å². The van der Waals surface area contributed by atoms with Gasteiger partial charge < -0.3 is 0 Å². The van der Waals surface area contributed by atoms with Gasteiger partial charge in [0.15, 0.2) is 0 Å². The van der Waals surface area contributed by atoms with Crippen LogP contribution in [0.4, 0.5) is 8.78 Å². The smallest absolute Gasteiger partial charge is 0.142 e. The molecule has 0 nitrogen and oxygen atoms in total. The van der Waals surface area contributed by atoms with Crippen molar-refractivity contribution in [1.82, 2.24) is 0 Å². The molecule has 0 saturated carbocycles. The van der Waals surface area contributed by atoms with E-state index in [-0.39, 0.29) is 16.7 Å². The zero-order chi connectivity index (χ0) is 15.7. The summed E-state index contributed by atoms with van der Waals surface area (Å²) in [6.45, 7) is 7.51. The highest BCUT2D eigenvalue weighted by atomic mass is 79.9. The number of halogens is 4. The first-order valence-electron chi connectivity index (χ1n) is 6.24. The van der Waals surface area contributed by atoms with Crippen LogP contribution in [0, 0.1) is 25.5 Å². The van der Waals surface area contributed by atoms with Crippen LogP contribution in [0.15, 0.2) is 40.9 Å². The molecule has 0 aliphatic carbocycles. The molecular formula is C16H18BrClF2. The van der Waals surface area contributed by atoms with E-state index in [2.05, 4.69) is 15.9 Å². The summed E-state index contributed by atoms with van der Waals surface area (Å²) in [4.78, 5) is 0. The Morgan fingerprint density at radius 2 is 1.50 bits per heavy atom. The number of aryl methyl sites for hydroxylation is 2. The van der Waals surface area contributed by atoms with E-state index < -0.39 is 0 Å². The van der Waals surface area contributed by atoms with Gasteiger partial charge in [0.2, 0.25) is 0 Å². The number of rotatable bonds is 0. The third kappa shape index (κ3) is 6.49. The van der Waals surface area contributed by atoms with E-state index in [0.29, 0.717) is 5.56 Å². The van der Waals surface area contributed by atoms with E-state index in [9.17, 15) is 8.78 Å². The molecule has 0 radical (unpaired) electrons. The molecule has 2 aromatic carbocycles. The number of hydrogen-bond donors (Lipinski definition) is 0. The number of hydrogen-bond acceptors (Lipinski definition) is 0. The SMILES string of the molecule is CC.Cc1ccc(Br)cc1F.Cc1cccc(F)c1Cl. The van der Waals surface area contributed by atoms with Crippen molar-refractivity contribution in [2.75, 3.05) is 0 Å². The van der Waals surface area contributed by atoms with Gasteiger partial charge in [-0.25, -0.2) is 8.78 Å². The summed E-state index contributed by atoms with van der Waals surface area (Å²) >= 11 is 8.66. The standard InChI is InChI=1S/C7H6BrF.C7H6ClF.C2H6/c1-5-2-3-6(8)4-7(5)9;1-5-3-2-4-6(9)7(5)8;1-2/h2*2-4H,1H3;1-2H3. The molecule has 2 rings (SSSR count). The van der Waals surface area contributed by atoms with E-state index in [4.69, 9.17) is 11.6 Å². The molecule has 0 heterocycles. The lowest BCUT2D eigenvalue weighted by Gasteiger charge is -1.95. The van der Waals surface area contributed by atoms with Crippen LogP contribution in [0.25, 0.3) is 0 Å². The number of benzene rings is 2. The fraction of sp³-hybridized carbons (Fsp3) is 0.250. The molecule has 4 heteroatoms. The van der Waals surface area contributed by atoms with Gasteiger partial charge >= 0.3 is 0 Å². The molecule has 0 saturated heterocycles. The van der Waals surface area contributed by atoms with Crippen LogP contribution in [-0.4, -0.2) is 0 Å². The van der Waals surface area contributed by atoms with Crippen molar-refractivity contribution >= 4 is 27.5 Å². The molecule has 0 spiro atoms. The zero-order valence-corrected chi connectivity index (χ0v) is 14.3. The van der Waals surface area contributed by atoms with Crippen LogP contribution in [0.5, 0.6) is 0 Å². The van der Waals surface area contributed by atoms with Crippen molar-refractivity contribution in [2.24, 2.45) is 0 Å². The third-order valence-electron chi connectivity index (χ3n) is 2.28. The largest absolute Gasteiger partial charge is 0.207 e. The van der Waals surface area contributed by atoms with Crippen molar-refractivity contribution in [3.63, 3.8) is 0 Å². The second-order valence-electron chi connectivity index (χ2n) is 3.76. The highest BCUT2D eigenvalue weighted by Crippen LogP contribution is 2.17. The van der Waals surface area contributed by atoms with Gasteiger partial charge in [-0.3, -0.25) is 0 Å². The fourth-order valence-corrected chi connectivity index (χ4v) is 1.64. The first-order valence-corrected chi connectivity index (χ1v) is 7.41. The van der Waals surface area contributed by atoms with Crippen LogP contribution in [-0.2, 0) is 0 Å². The Labute approximate surface area is 132 Å². The summed E-state index contributed by atoms with van der Waals surface area (Å²) in [7, 11) is 0. The molecule has 0 atom stereocenters. The Balaban J connectivity index is 0.000000321. The molecule has 0 aromatic heterocycles. The second kappa shape index (κ2) is 9.89. The fourth-order valence-electron chi connectivity index (χ4n) is 1.18. The molecule has 0 bridgehead atoms. The molecular weight excluding hydrogens is 346 g/mol. The molecule has 0 N–H and O–H groups in total. The van der Waals surface area contributed by atoms with Gasteiger partial charge in [-0.2, -0.15) is 0 Å². The summed E-state index contributed by atoms with van der Waals surface area (Å²) in [6.07, 6.45) is 0. The summed E-state index contributed by atoms with van der Waals surface area (Å²) in [5, 5.41) is 0.220. The van der Waals surface area contributed by atoms with Crippen molar-refractivity contribution in [2.45, 2.75) is 27.7 Å². The van der Waals surface area contributed by atoms with Gasteiger partial charge in [0.1, 0.15) is 11.6 Å². The highest BCUT2D eigenvalue weighted by Gasteiger charge is 1.98. The summed E-state index contributed by atoms with van der Waals surface area (Å²) in [5.41, 5.74) is 1.45. The Bertz CT molecular complexity index is 522. The molecule has 0 unspecified atom stereocenters. The average Bonchev–Trinajstić information content (AvgIpc) is 2.43. The lowest BCUT2D eigenvalue weighted by atomic mass is 10.2. The van der Waals surface area contributed by atoms with E-state index >= 15 is 0 Å². The van der Waals surface area contributed by atoms with E-state index in [1.807, 2.05) is 19.9 Å². The van der Waals surface area contributed by atoms with Crippen LogP contribution in [0.3, 0.4) is 0 Å². The van der Waals surface area contributed by atoms with Crippen LogP contribution >= 0.6 is 27.5 Å². The molecule has 0 fully saturated rings. The van der Waals surface area contributed by atoms with Gasteiger partial charge in [-0.15, -0.1) is 0 Å². The second-order valence-corrected chi connectivity index (χ2v) is 5.06. The van der Waals surface area contributed by atoms with Crippen molar-refractivity contribution in [1.29, 1.82) is 0 Å². The first kappa shape index (κ1) is 19.1. The summed E-state index contributed by atoms with van der Waals surface area (Å²) < 4.78 is 25.8. The highest BCUT2D eigenvalue weighted by molar-refractivity contribution is 9.10. The van der Waals surface area contributed by atoms with Gasteiger partial charge in [0.25, 0.3) is 0 Å². The molecule has 0 aliphatic rings. The maximum absolute atomic E-state index is 12.5. The molecule has 0 amide bonds. The van der Waals surface area contributed by atoms with Crippen molar-refractivity contribution in [3.05, 3.63) is 68.7 Å². The van der Waals surface area contributed by atoms with Gasteiger partial charge in [0, 0.05) is 4.47 Å². The Kier molecular flexibility index (Phi) is 9.43. The summed E-state index contributed by atoms with van der Waals surface area (Å²) in [6, 6.07) is 9.75. The lowest BCUT2D eigenvalue weighted by molar-refractivity contribution is 0.617.